The largest absolute Gasteiger partial charge is 0.393 e. The Morgan fingerprint density at radius 3 is 2.84 bits per heavy atom. The third-order valence-electron chi connectivity index (χ3n) is 6.14. The van der Waals surface area contributed by atoms with Crippen molar-refractivity contribution >= 4 is 22.5 Å². The Morgan fingerprint density at radius 1 is 1.29 bits per heavy atom. The fourth-order valence-electron chi connectivity index (χ4n) is 4.56. The molecule has 2 aliphatic rings. The number of hydrogen-bond donors (Lipinski definition) is 2. The Bertz CT molecular complexity index is 997. The van der Waals surface area contributed by atoms with Crippen molar-refractivity contribution in [3.05, 3.63) is 36.0 Å². The predicted molar refractivity (Wildman–Crippen MR) is 110 cm³/mol. The second kappa shape index (κ2) is 8.71. The number of nitrogens with one attached hydrogen (secondary N) is 2. The van der Waals surface area contributed by atoms with Crippen LogP contribution in [-0.4, -0.2) is 49.3 Å². The Balaban J connectivity index is 1.62. The summed E-state index contributed by atoms with van der Waals surface area (Å²) in [5, 5.41) is 16.0. The van der Waals surface area contributed by atoms with Crippen LogP contribution in [0.1, 0.15) is 24.8 Å². The summed E-state index contributed by atoms with van der Waals surface area (Å²) in [6.45, 7) is 1.49. The predicted octanol–water partition coefficient (Wildman–Crippen LogP) is 2.98. The highest BCUT2D eigenvalue weighted by Gasteiger charge is 2.45. The number of benzene rings is 1. The molecule has 2 N–H and O–H groups in total. The number of nitriles is 1. The molecule has 1 aromatic carbocycles. The van der Waals surface area contributed by atoms with E-state index in [1.165, 1.54) is 0 Å². The second-order valence-corrected chi connectivity index (χ2v) is 8.27. The van der Waals surface area contributed by atoms with E-state index < -0.39 is 18.1 Å². The highest BCUT2D eigenvalue weighted by molar-refractivity contribution is 5.95. The van der Waals surface area contributed by atoms with Crippen LogP contribution in [0.5, 0.6) is 0 Å². The van der Waals surface area contributed by atoms with E-state index in [0.29, 0.717) is 28.7 Å². The maximum absolute atomic E-state index is 13.7. The Labute approximate surface area is 178 Å². The van der Waals surface area contributed by atoms with Gasteiger partial charge in [-0.1, -0.05) is 0 Å². The van der Waals surface area contributed by atoms with Crippen LogP contribution >= 0.6 is 0 Å². The molecule has 3 atom stereocenters. The van der Waals surface area contributed by atoms with E-state index in [0.717, 1.165) is 19.4 Å². The van der Waals surface area contributed by atoms with Crippen LogP contribution in [0.2, 0.25) is 0 Å². The second-order valence-electron chi connectivity index (χ2n) is 8.27. The van der Waals surface area contributed by atoms with Gasteiger partial charge in [-0.15, -0.1) is 0 Å². The molecule has 2 aliphatic heterocycles. The zero-order valence-electron chi connectivity index (χ0n) is 17.0. The van der Waals surface area contributed by atoms with Crippen molar-refractivity contribution < 1.29 is 18.0 Å². The number of hydrogen-bond acceptors (Lipinski definition) is 5. The van der Waals surface area contributed by atoms with Crippen LogP contribution in [0.25, 0.3) is 10.9 Å². The van der Waals surface area contributed by atoms with E-state index in [9.17, 15) is 23.2 Å². The van der Waals surface area contributed by atoms with Gasteiger partial charge >= 0.3 is 6.18 Å². The van der Waals surface area contributed by atoms with Crippen molar-refractivity contribution in [2.45, 2.75) is 31.5 Å². The van der Waals surface area contributed by atoms with E-state index in [2.05, 4.69) is 21.7 Å². The zero-order chi connectivity index (χ0) is 22.0. The third-order valence-corrected chi connectivity index (χ3v) is 6.14. The van der Waals surface area contributed by atoms with Crippen LogP contribution < -0.4 is 15.5 Å². The summed E-state index contributed by atoms with van der Waals surface area (Å²) in [7, 11) is 0. The number of fused-ring (bicyclic) bond motifs is 1. The van der Waals surface area contributed by atoms with Crippen molar-refractivity contribution in [3.63, 3.8) is 0 Å². The molecule has 2 saturated heterocycles. The van der Waals surface area contributed by atoms with Crippen LogP contribution in [0.4, 0.5) is 18.9 Å². The zero-order valence-corrected chi connectivity index (χ0v) is 17.0. The molecular formula is C22H24F3N5O. The van der Waals surface area contributed by atoms with Gasteiger partial charge in [0.05, 0.1) is 22.9 Å². The van der Waals surface area contributed by atoms with Gasteiger partial charge in [0.1, 0.15) is 6.07 Å². The molecule has 4 rings (SSSR count). The molecule has 2 unspecified atom stereocenters. The fraction of sp³-hybridized carbons (Fsp3) is 0.500. The summed E-state index contributed by atoms with van der Waals surface area (Å²) in [6.07, 6.45) is -1.33. The van der Waals surface area contributed by atoms with Crippen molar-refractivity contribution in [1.29, 1.82) is 5.26 Å². The molecule has 3 heterocycles. The first-order valence-electron chi connectivity index (χ1n) is 10.5. The molecule has 9 heteroatoms. The summed E-state index contributed by atoms with van der Waals surface area (Å²) < 4.78 is 41.2. The minimum atomic E-state index is -4.37. The van der Waals surface area contributed by atoms with Gasteiger partial charge in [0.2, 0.25) is 5.91 Å². The Hall–Kier alpha value is -2.86. The third kappa shape index (κ3) is 4.59. The van der Waals surface area contributed by atoms with Crippen molar-refractivity contribution in [2.24, 2.45) is 11.8 Å². The summed E-state index contributed by atoms with van der Waals surface area (Å²) in [4.78, 5) is 18.6. The fourth-order valence-corrected chi connectivity index (χ4v) is 4.56. The number of amides is 1. The van der Waals surface area contributed by atoms with Crippen molar-refractivity contribution in [3.8, 4) is 6.07 Å². The molecular weight excluding hydrogens is 407 g/mol. The van der Waals surface area contributed by atoms with E-state index in [4.69, 9.17) is 0 Å². The first-order chi connectivity index (χ1) is 14.9. The van der Waals surface area contributed by atoms with Gasteiger partial charge in [0, 0.05) is 42.9 Å². The van der Waals surface area contributed by atoms with Gasteiger partial charge in [0.15, 0.2) is 0 Å². The molecule has 2 fully saturated rings. The molecule has 0 saturated carbocycles. The van der Waals surface area contributed by atoms with Crippen LogP contribution in [-0.2, 0) is 4.79 Å². The lowest BCUT2D eigenvalue weighted by Crippen LogP contribution is -2.55. The molecule has 31 heavy (non-hydrogen) atoms. The molecule has 164 valence electrons. The highest BCUT2D eigenvalue weighted by Crippen LogP contribution is 2.37. The Kier molecular flexibility index (Phi) is 6.01. The minimum Gasteiger partial charge on any atom is -0.368 e. The smallest absolute Gasteiger partial charge is 0.368 e. The van der Waals surface area contributed by atoms with Gasteiger partial charge in [-0.05, 0) is 50.1 Å². The SMILES string of the molecule is N#Cc1ccc(N2CC(C(F)(F)F)C[C@@H](NC(=O)C3CCCNC3)C2)c2cccnc12. The van der Waals surface area contributed by atoms with Crippen molar-refractivity contribution in [2.75, 3.05) is 31.1 Å². The molecule has 0 aliphatic carbocycles. The average Bonchev–Trinajstić information content (AvgIpc) is 2.78. The topological polar surface area (TPSA) is 81.0 Å². The van der Waals surface area contributed by atoms with Gasteiger partial charge in [-0.3, -0.25) is 9.78 Å². The lowest BCUT2D eigenvalue weighted by atomic mass is 9.91. The normalized spacial score (nSPS) is 24.6. The molecule has 6 nitrogen and oxygen atoms in total. The minimum absolute atomic E-state index is 0.141. The average molecular weight is 431 g/mol. The van der Waals surface area contributed by atoms with Crippen LogP contribution in [0.15, 0.2) is 30.5 Å². The number of carbonyl (C=O) groups is 1. The summed E-state index contributed by atoms with van der Waals surface area (Å²) in [5.74, 6) is -1.96. The van der Waals surface area contributed by atoms with Gasteiger partial charge in [-0.25, -0.2) is 0 Å². The monoisotopic (exact) mass is 431 g/mol. The number of aromatic nitrogens is 1. The maximum Gasteiger partial charge on any atom is 0.393 e. The Morgan fingerprint density at radius 2 is 2.13 bits per heavy atom. The number of nitrogens with zero attached hydrogens (tertiary/aromatic N) is 3. The summed E-state index contributed by atoms with van der Waals surface area (Å²) in [5.41, 5.74) is 1.43. The molecule has 0 spiro atoms. The summed E-state index contributed by atoms with van der Waals surface area (Å²) >= 11 is 0. The quantitative estimate of drug-likeness (QED) is 0.781. The van der Waals surface area contributed by atoms with Crippen molar-refractivity contribution in [1.82, 2.24) is 15.6 Å². The number of carbonyl (C=O) groups excluding carboxylic acids is 1. The lowest BCUT2D eigenvalue weighted by molar-refractivity contribution is -0.178. The van der Waals surface area contributed by atoms with Gasteiger partial charge < -0.3 is 15.5 Å². The maximum atomic E-state index is 13.7. The highest BCUT2D eigenvalue weighted by atomic mass is 19.4. The van der Waals surface area contributed by atoms with E-state index in [1.54, 1.807) is 35.4 Å². The first kappa shape index (κ1) is 21.4. The standard InChI is InChI=1S/C22H24F3N5O/c23-22(24,25)16-9-17(29-21(31)15-3-1-7-27-11-15)13-30(12-16)19-6-5-14(10-26)20-18(19)4-2-8-28-20/h2,4-6,8,15-17,27H,1,3,7,9,11-13H2,(H,29,31)/t15?,16?,17-/m1/s1. The van der Waals surface area contributed by atoms with E-state index >= 15 is 0 Å². The number of rotatable bonds is 3. The number of halogens is 3. The van der Waals surface area contributed by atoms with Crippen LogP contribution in [0, 0.1) is 23.2 Å². The molecule has 0 radical (unpaired) electrons. The molecule has 1 aromatic heterocycles. The van der Waals surface area contributed by atoms with Crippen LogP contribution in [0.3, 0.4) is 0 Å². The number of anilines is 1. The number of pyridine rings is 1. The van der Waals surface area contributed by atoms with Gasteiger partial charge in [-0.2, -0.15) is 18.4 Å². The molecule has 2 aromatic rings. The lowest BCUT2D eigenvalue weighted by Gasteiger charge is -2.41. The van der Waals surface area contributed by atoms with E-state index in [1.807, 2.05) is 0 Å². The molecule has 1 amide bonds. The number of alkyl halides is 3. The number of piperidine rings is 2. The molecule has 0 bridgehead atoms. The van der Waals surface area contributed by atoms with E-state index in [-0.39, 0.29) is 31.3 Å². The van der Waals surface area contributed by atoms with Gasteiger partial charge in [0.25, 0.3) is 0 Å². The first-order valence-corrected chi connectivity index (χ1v) is 10.5. The summed E-state index contributed by atoms with van der Waals surface area (Å²) in [6, 6.07) is 8.19.